The van der Waals surface area contributed by atoms with E-state index < -0.39 is 0 Å². The predicted octanol–water partition coefficient (Wildman–Crippen LogP) is 2.54. The Kier molecular flexibility index (Phi) is 5.08. The normalized spacial score (nSPS) is 21.1. The number of amides is 1. The fourth-order valence-corrected chi connectivity index (χ4v) is 3.97. The van der Waals surface area contributed by atoms with E-state index in [4.69, 9.17) is 0 Å². The van der Waals surface area contributed by atoms with Crippen LogP contribution >= 0.6 is 0 Å². The van der Waals surface area contributed by atoms with Crippen molar-refractivity contribution in [3.63, 3.8) is 0 Å². The molecule has 1 amide bonds. The summed E-state index contributed by atoms with van der Waals surface area (Å²) in [6.07, 6.45) is 10.7. The maximum Gasteiger partial charge on any atom is 0.240 e. The summed E-state index contributed by atoms with van der Waals surface area (Å²) in [6.45, 7) is 2.95. The monoisotopic (exact) mass is 301 g/mol. The van der Waals surface area contributed by atoms with Gasteiger partial charge in [-0.2, -0.15) is 0 Å². The minimum atomic E-state index is -0.193. The SMILES string of the molecule is O=C(NCCCc1ccccn1)C1(N2CCCC2)CCCC1. The zero-order valence-corrected chi connectivity index (χ0v) is 13.4. The van der Waals surface area contributed by atoms with Gasteiger partial charge in [-0.15, -0.1) is 0 Å². The van der Waals surface area contributed by atoms with Crippen LogP contribution < -0.4 is 5.32 Å². The summed E-state index contributed by atoms with van der Waals surface area (Å²) in [5, 5.41) is 3.20. The van der Waals surface area contributed by atoms with Gasteiger partial charge < -0.3 is 5.32 Å². The highest BCUT2D eigenvalue weighted by molar-refractivity contribution is 5.86. The molecule has 0 radical (unpaired) electrons. The van der Waals surface area contributed by atoms with Gasteiger partial charge in [-0.1, -0.05) is 18.9 Å². The van der Waals surface area contributed by atoms with Crippen molar-refractivity contribution in [1.82, 2.24) is 15.2 Å². The number of nitrogens with zero attached hydrogens (tertiary/aromatic N) is 2. The fourth-order valence-electron chi connectivity index (χ4n) is 3.97. The van der Waals surface area contributed by atoms with E-state index in [1.807, 2.05) is 24.4 Å². The standard InChI is InChI=1S/C18H27N3O/c22-17(20-13-7-9-16-8-1-4-12-19-16)18(10-2-3-11-18)21-14-5-6-15-21/h1,4,8,12H,2-3,5-7,9-11,13-15H2,(H,20,22). The highest BCUT2D eigenvalue weighted by Gasteiger charge is 2.46. The molecule has 0 atom stereocenters. The van der Waals surface area contributed by atoms with Gasteiger partial charge in [0.15, 0.2) is 0 Å². The van der Waals surface area contributed by atoms with Gasteiger partial charge >= 0.3 is 0 Å². The Labute approximate surface area is 133 Å². The number of nitrogens with one attached hydrogen (secondary N) is 1. The van der Waals surface area contributed by atoms with Gasteiger partial charge in [0.1, 0.15) is 5.54 Å². The summed E-state index contributed by atoms with van der Waals surface area (Å²) in [7, 11) is 0. The number of pyridine rings is 1. The van der Waals surface area contributed by atoms with Crippen molar-refractivity contribution < 1.29 is 4.79 Å². The summed E-state index contributed by atoms with van der Waals surface area (Å²) in [4.78, 5) is 19.6. The number of hydrogen-bond donors (Lipinski definition) is 1. The topological polar surface area (TPSA) is 45.2 Å². The quantitative estimate of drug-likeness (QED) is 0.821. The van der Waals surface area contributed by atoms with E-state index in [0.717, 1.165) is 51.0 Å². The molecule has 2 heterocycles. The summed E-state index contributed by atoms with van der Waals surface area (Å²) < 4.78 is 0. The molecule has 1 aliphatic carbocycles. The lowest BCUT2D eigenvalue weighted by Crippen LogP contribution is -2.56. The van der Waals surface area contributed by atoms with Crippen molar-refractivity contribution in [3.8, 4) is 0 Å². The Morgan fingerprint density at radius 2 is 1.95 bits per heavy atom. The van der Waals surface area contributed by atoms with Gasteiger partial charge in [0, 0.05) is 18.4 Å². The zero-order valence-electron chi connectivity index (χ0n) is 13.4. The van der Waals surface area contributed by atoms with Crippen LogP contribution in [-0.2, 0) is 11.2 Å². The first kappa shape index (κ1) is 15.5. The van der Waals surface area contributed by atoms with Crippen molar-refractivity contribution in [2.75, 3.05) is 19.6 Å². The van der Waals surface area contributed by atoms with Crippen molar-refractivity contribution in [2.45, 2.75) is 56.9 Å². The maximum absolute atomic E-state index is 12.8. The molecule has 4 heteroatoms. The van der Waals surface area contributed by atoms with Crippen LogP contribution in [0.2, 0.25) is 0 Å². The fraction of sp³-hybridized carbons (Fsp3) is 0.667. The largest absolute Gasteiger partial charge is 0.354 e. The average molecular weight is 301 g/mol. The van der Waals surface area contributed by atoms with Gasteiger partial charge in [0.2, 0.25) is 5.91 Å². The van der Waals surface area contributed by atoms with Gasteiger partial charge in [0.25, 0.3) is 0 Å². The van der Waals surface area contributed by atoms with Crippen LogP contribution in [0.25, 0.3) is 0 Å². The smallest absolute Gasteiger partial charge is 0.240 e. The molecular formula is C18H27N3O. The number of rotatable bonds is 6. The zero-order chi connectivity index (χ0) is 15.3. The lowest BCUT2D eigenvalue weighted by Gasteiger charge is -2.37. The third-order valence-electron chi connectivity index (χ3n) is 5.19. The van der Waals surface area contributed by atoms with E-state index in [2.05, 4.69) is 15.2 Å². The van der Waals surface area contributed by atoms with Crippen LogP contribution in [0.3, 0.4) is 0 Å². The van der Waals surface area contributed by atoms with Gasteiger partial charge in [-0.25, -0.2) is 0 Å². The van der Waals surface area contributed by atoms with Crippen LogP contribution in [0.5, 0.6) is 0 Å². The Hall–Kier alpha value is -1.42. The summed E-state index contributed by atoms with van der Waals surface area (Å²) in [5.41, 5.74) is 0.911. The first-order chi connectivity index (χ1) is 10.8. The lowest BCUT2D eigenvalue weighted by atomic mass is 9.94. The molecule has 0 spiro atoms. The van der Waals surface area contributed by atoms with E-state index in [-0.39, 0.29) is 11.4 Å². The predicted molar refractivity (Wildman–Crippen MR) is 87.6 cm³/mol. The number of aromatic nitrogens is 1. The minimum Gasteiger partial charge on any atom is -0.354 e. The minimum absolute atomic E-state index is 0.193. The van der Waals surface area contributed by atoms with Crippen molar-refractivity contribution in [2.24, 2.45) is 0 Å². The molecule has 0 aromatic carbocycles. The van der Waals surface area contributed by atoms with Crippen LogP contribution in [0.1, 0.15) is 50.6 Å². The van der Waals surface area contributed by atoms with Crippen molar-refractivity contribution in [3.05, 3.63) is 30.1 Å². The van der Waals surface area contributed by atoms with Gasteiger partial charge in [-0.05, 0) is 63.7 Å². The summed E-state index contributed by atoms with van der Waals surface area (Å²) in [6, 6.07) is 6.00. The van der Waals surface area contributed by atoms with E-state index >= 15 is 0 Å². The first-order valence-electron chi connectivity index (χ1n) is 8.74. The first-order valence-corrected chi connectivity index (χ1v) is 8.74. The number of aryl methyl sites for hydroxylation is 1. The van der Waals surface area contributed by atoms with Crippen LogP contribution in [0, 0.1) is 0 Å². The molecule has 1 saturated carbocycles. The number of carbonyl (C=O) groups is 1. The molecule has 3 rings (SSSR count). The molecule has 120 valence electrons. The number of hydrogen-bond acceptors (Lipinski definition) is 3. The second kappa shape index (κ2) is 7.23. The molecular weight excluding hydrogens is 274 g/mol. The van der Waals surface area contributed by atoms with E-state index in [1.165, 1.54) is 25.7 Å². The second-order valence-electron chi connectivity index (χ2n) is 6.61. The third kappa shape index (κ3) is 3.32. The van der Waals surface area contributed by atoms with E-state index in [9.17, 15) is 4.79 Å². The summed E-state index contributed by atoms with van der Waals surface area (Å²) in [5.74, 6) is 0.271. The van der Waals surface area contributed by atoms with Crippen LogP contribution in [0.4, 0.5) is 0 Å². The summed E-state index contributed by atoms with van der Waals surface area (Å²) >= 11 is 0. The molecule has 1 aliphatic heterocycles. The van der Waals surface area contributed by atoms with Crippen LogP contribution in [-0.4, -0.2) is 41.0 Å². The Bertz CT molecular complexity index is 476. The molecule has 1 saturated heterocycles. The van der Waals surface area contributed by atoms with Crippen molar-refractivity contribution in [1.29, 1.82) is 0 Å². The Morgan fingerprint density at radius 1 is 1.18 bits per heavy atom. The second-order valence-corrected chi connectivity index (χ2v) is 6.61. The van der Waals surface area contributed by atoms with Gasteiger partial charge in [-0.3, -0.25) is 14.7 Å². The van der Waals surface area contributed by atoms with Gasteiger partial charge in [0.05, 0.1) is 0 Å². The molecule has 1 N–H and O–H groups in total. The molecule has 0 unspecified atom stereocenters. The molecule has 0 bridgehead atoms. The molecule has 22 heavy (non-hydrogen) atoms. The van der Waals surface area contributed by atoms with Crippen molar-refractivity contribution >= 4 is 5.91 Å². The average Bonchev–Trinajstić information content (AvgIpc) is 3.23. The molecule has 2 aliphatic rings. The molecule has 2 fully saturated rings. The number of likely N-dealkylation sites (tertiary alicyclic amines) is 1. The molecule has 4 nitrogen and oxygen atoms in total. The molecule has 1 aromatic heterocycles. The number of carbonyl (C=O) groups excluding carboxylic acids is 1. The highest BCUT2D eigenvalue weighted by atomic mass is 16.2. The lowest BCUT2D eigenvalue weighted by molar-refractivity contribution is -0.132. The van der Waals surface area contributed by atoms with E-state index in [1.54, 1.807) is 0 Å². The third-order valence-corrected chi connectivity index (χ3v) is 5.19. The Morgan fingerprint density at radius 3 is 2.64 bits per heavy atom. The van der Waals surface area contributed by atoms with E-state index in [0.29, 0.717) is 0 Å². The highest BCUT2D eigenvalue weighted by Crippen LogP contribution is 2.37. The van der Waals surface area contributed by atoms with Crippen LogP contribution in [0.15, 0.2) is 24.4 Å². The maximum atomic E-state index is 12.8. The Balaban J connectivity index is 1.49. The molecule has 1 aromatic rings.